The molecule has 3 rings (SSSR count). The molecule has 1 atom stereocenters. The molecule has 0 amide bonds. The molecule has 0 radical (unpaired) electrons. The van der Waals surface area contributed by atoms with Crippen LogP contribution in [0.1, 0.15) is 17.2 Å². The van der Waals surface area contributed by atoms with Gasteiger partial charge in [0.1, 0.15) is 0 Å². The maximum atomic E-state index is 12.2. The SMILES string of the molecule is O=S1(=O)NC(c2ccc(Cl)cc2)CN1Cc1ccccc1. The minimum atomic E-state index is -3.44. The second-order valence-corrected chi connectivity index (χ2v) is 7.14. The molecule has 2 aromatic rings. The Morgan fingerprint density at radius 1 is 1.10 bits per heavy atom. The van der Waals surface area contributed by atoms with E-state index in [0.29, 0.717) is 18.1 Å². The van der Waals surface area contributed by atoms with Crippen molar-refractivity contribution in [2.45, 2.75) is 12.6 Å². The first kappa shape index (κ1) is 14.5. The Bertz CT molecular complexity index is 717. The van der Waals surface area contributed by atoms with Gasteiger partial charge in [-0.25, -0.2) is 0 Å². The minimum Gasteiger partial charge on any atom is -0.195 e. The van der Waals surface area contributed by atoms with Gasteiger partial charge in [-0.2, -0.15) is 17.4 Å². The Morgan fingerprint density at radius 2 is 1.76 bits per heavy atom. The van der Waals surface area contributed by atoms with Gasteiger partial charge in [0, 0.05) is 18.1 Å². The monoisotopic (exact) mass is 322 g/mol. The van der Waals surface area contributed by atoms with Gasteiger partial charge in [-0.15, -0.1) is 0 Å². The van der Waals surface area contributed by atoms with Crippen molar-refractivity contribution in [3.8, 4) is 0 Å². The number of benzene rings is 2. The van der Waals surface area contributed by atoms with Gasteiger partial charge in [0.2, 0.25) is 0 Å². The highest BCUT2D eigenvalue weighted by atomic mass is 35.5. The van der Waals surface area contributed by atoms with Gasteiger partial charge >= 0.3 is 0 Å². The lowest BCUT2D eigenvalue weighted by atomic mass is 10.1. The summed E-state index contributed by atoms with van der Waals surface area (Å²) in [7, 11) is -3.44. The van der Waals surface area contributed by atoms with E-state index in [1.807, 2.05) is 42.5 Å². The molecule has 1 fully saturated rings. The molecule has 2 aromatic carbocycles. The summed E-state index contributed by atoms with van der Waals surface area (Å²) in [5, 5.41) is 0.640. The van der Waals surface area contributed by atoms with E-state index in [4.69, 9.17) is 11.6 Å². The maximum Gasteiger partial charge on any atom is 0.280 e. The predicted molar refractivity (Wildman–Crippen MR) is 83.1 cm³/mol. The summed E-state index contributed by atoms with van der Waals surface area (Å²) >= 11 is 5.86. The van der Waals surface area contributed by atoms with E-state index in [1.54, 1.807) is 12.1 Å². The van der Waals surface area contributed by atoms with Crippen LogP contribution in [-0.2, 0) is 16.8 Å². The number of nitrogens with one attached hydrogen (secondary N) is 1. The highest BCUT2D eigenvalue weighted by molar-refractivity contribution is 7.87. The second-order valence-electron chi connectivity index (χ2n) is 5.01. The summed E-state index contributed by atoms with van der Waals surface area (Å²) in [6, 6.07) is 16.6. The van der Waals surface area contributed by atoms with Crippen molar-refractivity contribution < 1.29 is 8.42 Å². The van der Waals surface area contributed by atoms with Crippen LogP contribution in [0.15, 0.2) is 54.6 Å². The van der Waals surface area contributed by atoms with Crippen molar-refractivity contribution in [1.82, 2.24) is 9.03 Å². The molecule has 1 aliphatic heterocycles. The van der Waals surface area contributed by atoms with Crippen molar-refractivity contribution in [1.29, 1.82) is 0 Å². The lowest BCUT2D eigenvalue weighted by molar-refractivity contribution is 0.425. The van der Waals surface area contributed by atoms with Crippen LogP contribution in [0, 0.1) is 0 Å². The molecule has 1 heterocycles. The minimum absolute atomic E-state index is 0.240. The first-order chi connectivity index (χ1) is 10.0. The number of halogens is 1. The predicted octanol–water partition coefficient (Wildman–Crippen LogP) is 2.73. The summed E-state index contributed by atoms with van der Waals surface area (Å²) in [4.78, 5) is 0. The molecule has 4 nitrogen and oxygen atoms in total. The standard InChI is InChI=1S/C15H15ClN2O2S/c16-14-8-6-13(7-9-14)15-11-18(21(19,20)17-15)10-12-4-2-1-3-5-12/h1-9,15,17H,10-11H2. The van der Waals surface area contributed by atoms with Crippen LogP contribution in [0.3, 0.4) is 0 Å². The highest BCUT2D eigenvalue weighted by Crippen LogP contribution is 2.26. The first-order valence-electron chi connectivity index (χ1n) is 6.61. The summed E-state index contributed by atoms with van der Waals surface area (Å²) in [6.07, 6.45) is 0. The number of rotatable bonds is 3. The zero-order valence-electron chi connectivity index (χ0n) is 11.2. The Labute approximate surface area is 129 Å². The van der Waals surface area contributed by atoms with Gasteiger partial charge < -0.3 is 0 Å². The van der Waals surface area contributed by atoms with Crippen LogP contribution in [0.5, 0.6) is 0 Å². The van der Waals surface area contributed by atoms with Gasteiger partial charge in [-0.05, 0) is 23.3 Å². The van der Waals surface area contributed by atoms with Crippen LogP contribution < -0.4 is 4.72 Å². The topological polar surface area (TPSA) is 49.4 Å². The first-order valence-corrected chi connectivity index (χ1v) is 8.43. The summed E-state index contributed by atoms with van der Waals surface area (Å²) in [6.45, 7) is 0.791. The molecule has 21 heavy (non-hydrogen) atoms. The molecule has 0 bridgehead atoms. The maximum absolute atomic E-state index is 12.2. The quantitative estimate of drug-likeness (QED) is 0.944. The summed E-state index contributed by atoms with van der Waals surface area (Å²) < 4.78 is 28.6. The van der Waals surface area contributed by atoms with Crippen LogP contribution >= 0.6 is 11.6 Å². The molecule has 1 aliphatic rings. The summed E-state index contributed by atoms with van der Waals surface area (Å²) in [5.41, 5.74) is 1.89. The lowest BCUT2D eigenvalue weighted by Gasteiger charge is -2.13. The number of hydrogen-bond acceptors (Lipinski definition) is 2. The molecule has 110 valence electrons. The van der Waals surface area contributed by atoms with E-state index < -0.39 is 10.2 Å². The van der Waals surface area contributed by atoms with E-state index in [2.05, 4.69) is 4.72 Å². The summed E-state index contributed by atoms with van der Waals surface area (Å²) in [5.74, 6) is 0. The lowest BCUT2D eigenvalue weighted by Crippen LogP contribution is -2.29. The molecule has 0 saturated carbocycles. The fourth-order valence-corrected chi connectivity index (χ4v) is 3.91. The Morgan fingerprint density at radius 3 is 2.43 bits per heavy atom. The van der Waals surface area contributed by atoms with Crippen LogP contribution in [0.4, 0.5) is 0 Å². The largest absolute Gasteiger partial charge is 0.280 e. The van der Waals surface area contributed by atoms with Crippen LogP contribution in [0.25, 0.3) is 0 Å². The molecule has 0 aromatic heterocycles. The fraction of sp³-hybridized carbons (Fsp3) is 0.200. The van der Waals surface area contributed by atoms with Crippen molar-refractivity contribution in [2.75, 3.05) is 6.54 Å². The van der Waals surface area contributed by atoms with Gasteiger partial charge in [0.05, 0.1) is 6.04 Å². The van der Waals surface area contributed by atoms with E-state index in [0.717, 1.165) is 11.1 Å². The molecule has 0 aliphatic carbocycles. The normalized spacial score (nSPS) is 21.5. The Balaban J connectivity index is 1.79. The number of hydrogen-bond donors (Lipinski definition) is 1. The average Bonchev–Trinajstić information content (AvgIpc) is 2.76. The third kappa shape index (κ3) is 3.27. The van der Waals surface area contributed by atoms with Crippen molar-refractivity contribution in [2.24, 2.45) is 0 Å². The van der Waals surface area contributed by atoms with Crippen LogP contribution in [-0.4, -0.2) is 19.3 Å². The number of nitrogens with zero attached hydrogens (tertiary/aromatic N) is 1. The van der Waals surface area contributed by atoms with Crippen molar-refractivity contribution in [3.63, 3.8) is 0 Å². The fourth-order valence-electron chi connectivity index (χ4n) is 2.40. The van der Waals surface area contributed by atoms with E-state index in [1.165, 1.54) is 4.31 Å². The zero-order chi connectivity index (χ0) is 14.9. The van der Waals surface area contributed by atoms with E-state index in [-0.39, 0.29) is 6.04 Å². The third-order valence-electron chi connectivity index (χ3n) is 3.49. The van der Waals surface area contributed by atoms with Crippen LogP contribution in [0.2, 0.25) is 5.02 Å². The highest BCUT2D eigenvalue weighted by Gasteiger charge is 2.35. The molecular weight excluding hydrogens is 308 g/mol. The van der Waals surface area contributed by atoms with E-state index in [9.17, 15) is 8.42 Å². The second kappa shape index (κ2) is 5.77. The van der Waals surface area contributed by atoms with Gasteiger partial charge in [0.15, 0.2) is 0 Å². The Kier molecular flexibility index (Phi) is 3.99. The molecule has 1 N–H and O–H groups in total. The molecule has 6 heteroatoms. The molecule has 1 saturated heterocycles. The Hall–Kier alpha value is -1.40. The van der Waals surface area contributed by atoms with Crippen molar-refractivity contribution in [3.05, 3.63) is 70.7 Å². The van der Waals surface area contributed by atoms with Gasteiger partial charge in [-0.1, -0.05) is 54.1 Å². The van der Waals surface area contributed by atoms with Gasteiger partial charge in [0.25, 0.3) is 10.2 Å². The van der Waals surface area contributed by atoms with E-state index >= 15 is 0 Å². The molecular formula is C15H15ClN2O2S. The average molecular weight is 323 g/mol. The third-order valence-corrected chi connectivity index (χ3v) is 5.28. The van der Waals surface area contributed by atoms with Gasteiger partial charge in [-0.3, -0.25) is 0 Å². The molecule has 1 unspecified atom stereocenters. The molecule has 0 spiro atoms. The smallest absolute Gasteiger partial charge is 0.195 e. The zero-order valence-corrected chi connectivity index (χ0v) is 12.8. The van der Waals surface area contributed by atoms with Crippen molar-refractivity contribution >= 4 is 21.8 Å².